The van der Waals surface area contributed by atoms with Gasteiger partial charge in [-0.1, -0.05) is 12.1 Å². The van der Waals surface area contributed by atoms with Gasteiger partial charge in [-0.3, -0.25) is 4.79 Å². The zero-order chi connectivity index (χ0) is 14.6. The van der Waals surface area contributed by atoms with Crippen LogP contribution in [0.5, 0.6) is 0 Å². The van der Waals surface area contributed by atoms with Crippen molar-refractivity contribution in [3.8, 4) is 0 Å². The molecule has 0 aromatic heterocycles. The predicted octanol–water partition coefficient (Wildman–Crippen LogP) is 0.413. The zero-order valence-corrected chi connectivity index (χ0v) is 11.9. The smallest absolute Gasteiger partial charge is 0.228 e. The van der Waals surface area contributed by atoms with Crippen LogP contribution in [0.2, 0.25) is 0 Å². The van der Waals surface area contributed by atoms with E-state index in [1.54, 1.807) is 24.3 Å². The second-order valence-electron chi connectivity index (χ2n) is 5.04. The SMILES string of the molecule is NS(=O)(=O)Cc1ccc(NC(=O)C2CCCNC2)cc1. The average Bonchev–Trinajstić information content (AvgIpc) is 2.40. The molecule has 0 saturated carbocycles. The van der Waals surface area contributed by atoms with Crippen molar-refractivity contribution in [2.75, 3.05) is 18.4 Å². The monoisotopic (exact) mass is 297 g/mol. The van der Waals surface area contributed by atoms with E-state index in [9.17, 15) is 13.2 Å². The predicted molar refractivity (Wildman–Crippen MR) is 77.5 cm³/mol. The van der Waals surface area contributed by atoms with Crippen molar-refractivity contribution < 1.29 is 13.2 Å². The molecule has 110 valence electrons. The van der Waals surface area contributed by atoms with E-state index >= 15 is 0 Å². The first kappa shape index (κ1) is 15.0. The van der Waals surface area contributed by atoms with Crippen LogP contribution in [-0.4, -0.2) is 27.4 Å². The van der Waals surface area contributed by atoms with E-state index in [1.807, 2.05) is 0 Å². The van der Waals surface area contributed by atoms with Gasteiger partial charge < -0.3 is 10.6 Å². The summed E-state index contributed by atoms with van der Waals surface area (Å²) in [4.78, 5) is 12.0. The fourth-order valence-corrected chi connectivity index (χ4v) is 2.89. The van der Waals surface area contributed by atoms with Gasteiger partial charge in [-0.25, -0.2) is 13.6 Å². The Balaban J connectivity index is 1.94. The number of piperidine rings is 1. The zero-order valence-electron chi connectivity index (χ0n) is 11.1. The lowest BCUT2D eigenvalue weighted by atomic mass is 9.99. The molecule has 1 aliphatic rings. The lowest BCUT2D eigenvalue weighted by Crippen LogP contribution is -2.37. The number of nitrogens with one attached hydrogen (secondary N) is 2. The lowest BCUT2D eigenvalue weighted by molar-refractivity contribution is -0.120. The third-order valence-corrected chi connectivity index (χ3v) is 3.99. The van der Waals surface area contributed by atoms with E-state index < -0.39 is 10.0 Å². The van der Waals surface area contributed by atoms with Crippen LogP contribution in [0.1, 0.15) is 18.4 Å². The van der Waals surface area contributed by atoms with Crippen LogP contribution in [0.15, 0.2) is 24.3 Å². The molecule has 1 aliphatic heterocycles. The maximum absolute atomic E-state index is 12.0. The van der Waals surface area contributed by atoms with Gasteiger partial charge in [0.05, 0.1) is 11.7 Å². The second-order valence-corrected chi connectivity index (χ2v) is 6.65. The van der Waals surface area contributed by atoms with Crippen LogP contribution in [0.4, 0.5) is 5.69 Å². The summed E-state index contributed by atoms with van der Waals surface area (Å²) in [6.45, 7) is 1.67. The molecule has 4 N–H and O–H groups in total. The van der Waals surface area contributed by atoms with Crippen LogP contribution in [-0.2, 0) is 20.6 Å². The first-order chi connectivity index (χ1) is 9.44. The van der Waals surface area contributed by atoms with Gasteiger partial charge in [0.1, 0.15) is 0 Å². The average molecular weight is 297 g/mol. The molecule has 0 radical (unpaired) electrons. The molecule has 1 aromatic rings. The first-order valence-corrected chi connectivity index (χ1v) is 8.26. The third kappa shape index (κ3) is 4.59. The normalized spacial score (nSPS) is 19.6. The van der Waals surface area contributed by atoms with Gasteiger partial charge in [0.25, 0.3) is 0 Å². The Morgan fingerprint density at radius 1 is 1.35 bits per heavy atom. The summed E-state index contributed by atoms with van der Waals surface area (Å²) in [6.07, 6.45) is 1.90. The molecule has 6 nitrogen and oxygen atoms in total. The number of sulfonamides is 1. The van der Waals surface area contributed by atoms with E-state index in [0.717, 1.165) is 19.4 Å². The minimum atomic E-state index is -3.53. The van der Waals surface area contributed by atoms with Crippen molar-refractivity contribution in [3.63, 3.8) is 0 Å². The molecule has 1 amide bonds. The lowest BCUT2D eigenvalue weighted by Gasteiger charge is -2.21. The Morgan fingerprint density at radius 3 is 2.60 bits per heavy atom. The van der Waals surface area contributed by atoms with Gasteiger partial charge in [0.15, 0.2) is 0 Å². The van der Waals surface area contributed by atoms with Crippen LogP contribution in [0.25, 0.3) is 0 Å². The van der Waals surface area contributed by atoms with Crippen LogP contribution < -0.4 is 15.8 Å². The van der Waals surface area contributed by atoms with Gasteiger partial charge in [-0.15, -0.1) is 0 Å². The van der Waals surface area contributed by atoms with E-state index in [0.29, 0.717) is 17.8 Å². The molecule has 0 aliphatic carbocycles. The fourth-order valence-electron chi connectivity index (χ4n) is 2.24. The number of rotatable bonds is 4. The Kier molecular flexibility index (Phi) is 4.74. The number of anilines is 1. The summed E-state index contributed by atoms with van der Waals surface area (Å²) >= 11 is 0. The maximum atomic E-state index is 12.0. The molecule has 1 unspecified atom stereocenters. The van der Waals surface area contributed by atoms with Crippen LogP contribution in [0, 0.1) is 5.92 Å². The van der Waals surface area contributed by atoms with Crippen LogP contribution in [0.3, 0.4) is 0 Å². The van der Waals surface area contributed by atoms with Crippen molar-refractivity contribution in [1.82, 2.24) is 5.32 Å². The Labute approximate surface area is 118 Å². The highest BCUT2D eigenvalue weighted by atomic mass is 32.2. The minimum Gasteiger partial charge on any atom is -0.326 e. The number of carbonyl (C=O) groups excluding carboxylic acids is 1. The Hall–Kier alpha value is -1.44. The summed E-state index contributed by atoms with van der Waals surface area (Å²) in [5.41, 5.74) is 1.27. The second kappa shape index (κ2) is 6.34. The van der Waals surface area contributed by atoms with Crippen molar-refractivity contribution in [2.24, 2.45) is 11.1 Å². The molecule has 1 atom stereocenters. The fraction of sp³-hybridized carbons (Fsp3) is 0.462. The number of hydrogen-bond acceptors (Lipinski definition) is 4. The summed E-state index contributed by atoms with van der Waals surface area (Å²) in [5.74, 6) is -0.211. The molecule has 7 heteroatoms. The van der Waals surface area contributed by atoms with E-state index in [4.69, 9.17) is 5.14 Å². The molecule has 1 fully saturated rings. The van der Waals surface area contributed by atoms with Crippen LogP contribution >= 0.6 is 0 Å². The van der Waals surface area contributed by atoms with E-state index in [1.165, 1.54) is 0 Å². The first-order valence-electron chi connectivity index (χ1n) is 6.55. The molecule has 1 aromatic carbocycles. The molecule has 0 bridgehead atoms. The van der Waals surface area contributed by atoms with E-state index in [-0.39, 0.29) is 17.6 Å². The topological polar surface area (TPSA) is 101 Å². The molecule has 1 heterocycles. The number of nitrogens with two attached hydrogens (primary N) is 1. The highest BCUT2D eigenvalue weighted by Gasteiger charge is 2.20. The third-order valence-electron chi connectivity index (χ3n) is 3.26. The van der Waals surface area contributed by atoms with Crippen molar-refractivity contribution >= 4 is 21.6 Å². The number of amides is 1. The highest BCUT2D eigenvalue weighted by molar-refractivity contribution is 7.88. The molecule has 1 saturated heterocycles. The maximum Gasteiger partial charge on any atom is 0.228 e. The van der Waals surface area contributed by atoms with Gasteiger partial charge in [-0.05, 0) is 37.1 Å². The number of primary sulfonamides is 1. The number of benzene rings is 1. The molecular weight excluding hydrogens is 278 g/mol. The molecule has 0 spiro atoms. The van der Waals surface area contributed by atoms with Crippen molar-refractivity contribution in [2.45, 2.75) is 18.6 Å². The Morgan fingerprint density at radius 2 is 2.05 bits per heavy atom. The highest BCUT2D eigenvalue weighted by Crippen LogP contribution is 2.15. The largest absolute Gasteiger partial charge is 0.326 e. The van der Waals surface area contributed by atoms with Gasteiger partial charge in [0.2, 0.25) is 15.9 Å². The Bertz CT molecular complexity index is 563. The number of hydrogen-bond donors (Lipinski definition) is 3. The molecular formula is C13H19N3O3S. The van der Waals surface area contributed by atoms with Gasteiger partial charge in [-0.2, -0.15) is 0 Å². The van der Waals surface area contributed by atoms with Gasteiger partial charge >= 0.3 is 0 Å². The summed E-state index contributed by atoms with van der Waals surface area (Å²) in [7, 11) is -3.53. The standard InChI is InChI=1S/C13H19N3O3S/c14-20(18,19)9-10-3-5-12(6-4-10)16-13(17)11-2-1-7-15-8-11/h3-6,11,15H,1-2,7-9H2,(H,16,17)(H2,14,18,19). The van der Waals surface area contributed by atoms with Crippen molar-refractivity contribution in [1.29, 1.82) is 0 Å². The summed E-state index contributed by atoms with van der Waals surface area (Å²) < 4.78 is 21.9. The van der Waals surface area contributed by atoms with Crippen molar-refractivity contribution in [3.05, 3.63) is 29.8 Å². The van der Waals surface area contributed by atoms with E-state index in [2.05, 4.69) is 10.6 Å². The molecule has 20 heavy (non-hydrogen) atoms. The molecule has 2 rings (SSSR count). The summed E-state index contributed by atoms with van der Waals surface area (Å²) in [5, 5.41) is 11.0. The van der Waals surface area contributed by atoms with Gasteiger partial charge in [0, 0.05) is 12.2 Å². The number of carbonyl (C=O) groups is 1. The minimum absolute atomic E-state index is 0.00334. The summed E-state index contributed by atoms with van der Waals surface area (Å²) in [6, 6.07) is 6.68. The quantitative estimate of drug-likeness (QED) is 0.749.